The van der Waals surface area contributed by atoms with Gasteiger partial charge < -0.3 is 4.74 Å². The average Bonchev–Trinajstić information content (AvgIpc) is 2.59. The molecule has 2 rings (SSSR count). The zero-order valence-electron chi connectivity index (χ0n) is 12.1. The van der Waals surface area contributed by atoms with Crippen LogP contribution in [0.3, 0.4) is 0 Å². The second-order valence-corrected chi connectivity index (χ2v) is 6.42. The first-order valence-electron chi connectivity index (χ1n) is 6.66. The van der Waals surface area contributed by atoms with Crippen molar-refractivity contribution in [1.29, 1.82) is 5.26 Å². The van der Waals surface area contributed by atoms with Gasteiger partial charge in [-0.15, -0.1) is 6.42 Å². The molecule has 0 unspecified atom stereocenters. The van der Waals surface area contributed by atoms with Gasteiger partial charge in [0, 0.05) is 0 Å². The monoisotopic (exact) mass is 323 g/mol. The number of ether oxygens (including phenoxy) is 1. The predicted molar refractivity (Wildman–Crippen MR) is 88.0 cm³/mol. The number of rotatable bonds is 5. The summed E-state index contributed by atoms with van der Waals surface area (Å²) in [7, 11) is -3.83. The van der Waals surface area contributed by atoms with Crippen LogP contribution in [0.5, 0.6) is 5.75 Å². The van der Waals surface area contributed by atoms with Crippen molar-refractivity contribution in [3.8, 4) is 24.2 Å². The number of nitriles is 1. The summed E-state index contributed by atoms with van der Waals surface area (Å²) < 4.78 is 30.1. The minimum Gasteiger partial charge on any atom is -0.481 e. The second-order valence-electron chi connectivity index (χ2n) is 4.50. The van der Waals surface area contributed by atoms with Crippen molar-refractivity contribution in [1.82, 2.24) is 0 Å². The van der Waals surface area contributed by atoms with E-state index in [0.29, 0.717) is 11.3 Å². The Labute approximate surface area is 135 Å². The third-order valence-electron chi connectivity index (χ3n) is 2.95. The zero-order chi connectivity index (χ0) is 16.7. The summed E-state index contributed by atoms with van der Waals surface area (Å²) in [5.74, 6) is 2.93. The summed E-state index contributed by atoms with van der Waals surface area (Å²) in [5, 5.41) is 9.21. The Morgan fingerprint density at radius 3 is 2.35 bits per heavy atom. The Kier molecular flexibility index (Phi) is 5.19. The molecule has 0 N–H and O–H groups in total. The van der Waals surface area contributed by atoms with Crippen LogP contribution in [-0.4, -0.2) is 15.0 Å². The van der Waals surface area contributed by atoms with Gasteiger partial charge in [0.2, 0.25) is 9.84 Å². The molecule has 0 aliphatic heterocycles. The highest BCUT2D eigenvalue weighted by atomic mass is 32.2. The van der Waals surface area contributed by atoms with Gasteiger partial charge >= 0.3 is 0 Å². The summed E-state index contributed by atoms with van der Waals surface area (Å²) in [5.41, 5.74) is 0.578. The van der Waals surface area contributed by atoms with Crippen LogP contribution >= 0.6 is 0 Å². The average molecular weight is 323 g/mol. The molecule has 0 bridgehead atoms. The number of hydrogen-bond donors (Lipinski definition) is 0. The number of benzene rings is 2. The van der Waals surface area contributed by atoms with Gasteiger partial charge in [0.05, 0.1) is 4.90 Å². The molecule has 0 saturated carbocycles. The highest BCUT2D eigenvalue weighted by molar-refractivity contribution is 7.95. The number of allylic oxidation sites excluding steroid dienone is 1. The van der Waals surface area contributed by atoms with Crippen LogP contribution in [0.25, 0.3) is 6.08 Å². The Balaban J connectivity index is 2.33. The number of hydrogen-bond acceptors (Lipinski definition) is 4. The normalized spacial score (nSPS) is 11.3. The van der Waals surface area contributed by atoms with Gasteiger partial charge in [-0.05, 0) is 35.9 Å². The van der Waals surface area contributed by atoms with Gasteiger partial charge in [0.1, 0.15) is 23.3 Å². The van der Waals surface area contributed by atoms with E-state index in [0.717, 1.165) is 0 Å². The molecular formula is C18H13NO3S. The zero-order valence-corrected chi connectivity index (χ0v) is 13.0. The van der Waals surface area contributed by atoms with E-state index in [-0.39, 0.29) is 16.4 Å². The van der Waals surface area contributed by atoms with Crippen LogP contribution in [0.4, 0.5) is 0 Å². The molecule has 0 aliphatic carbocycles. The lowest BCUT2D eigenvalue weighted by molar-refractivity contribution is 0.370. The first kappa shape index (κ1) is 16.4. The van der Waals surface area contributed by atoms with Gasteiger partial charge in [0.25, 0.3) is 0 Å². The molecule has 0 aliphatic rings. The molecule has 0 atom stereocenters. The Hall–Kier alpha value is -3.02. The fourth-order valence-corrected chi connectivity index (χ4v) is 3.01. The summed E-state index contributed by atoms with van der Waals surface area (Å²) in [6.07, 6.45) is 6.43. The van der Waals surface area contributed by atoms with Gasteiger partial charge in [-0.2, -0.15) is 5.26 Å². The quantitative estimate of drug-likeness (QED) is 0.626. The van der Waals surface area contributed by atoms with Crippen LogP contribution in [0.1, 0.15) is 5.56 Å². The van der Waals surface area contributed by atoms with E-state index in [1.165, 1.54) is 18.2 Å². The molecule has 0 spiro atoms. The smallest absolute Gasteiger partial charge is 0.216 e. The molecule has 23 heavy (non-hydrogen) atoms. The molecule has 0 heterocycles. The highest BCUT2D eigenvalue weighted by Crippen LogP contribution is 2.22. The van der Waals surface area contributed by atoms with E-state index in [4.69, 9.17) is 11.2 Å². The molecule has 0 saturated heterocycles. The van der Waals surface area contributed by atoms with Crippen LogP contribution in [0, 0.1) is 23.7 Å². The van der Waals surface area contributed by atoms with Crippen LogP contribution in [-0.2, 0) is 9.84 Å². The molecular weight excluding hydrogens is 310 g/mol. The molecule has 2 aromatic rings. The van der Waals surface area contributed by atoms with Crippen molar-refractivity contribution in [2.45, 2.75) is 4.90 Å². The van der Waals surface area contributed by atoms with Crippen molar-refractivity contribution < 1.29 is 13.2 Å². The number of sulfone groups is 1. The van der Waals surface area contributed by atoms with E-state index >= 15 is 0 Å². The van der Waals surface area contributed by atoms with Gasteiger partial charge in [-0.1, -0.05) is 36.3 Å². The molecule has 2 aromatic carbocycles. The fourth-order valence-electron chi connectivity index (χ4n) is 1.83. The summed E-state index contributed by atoms with van der Waals surface area (Å²) in [6.45, 7) is 0.154. The molecule has 0 radical (unpaired) electrons. The minimum atomic E-state index is -3.83. The maximum absolute atomic E-state index is 12.4. The van der Waals surface area contributed by atoms with E-state index < -0.39 is 9.84 Å². The predicted octanol–water partition coefficient (Wildman–Crippen LogP) is 3.04. The van der Waals surface area contributed by atoms with Crippen molar-refractivity contribution in [2.24, 2.45) is 0 Å². The SMILES string of the molecule is C#CCOc1ccc(/C=C(\C#N)S(=O)(=O)c2ccccc2)cc1. The number of terminal acetylenes is 1. The highest BCUT2D eigenvalue weighted by Gasteiger charge is 2.20. The fraction of sp³-hybridized carbons (Fsp3) is 0.0556. The van der Waals surface area contributed by atoms with E-state index in [1.54, 1.807) is 48.5 Å². The summed E-state index contributed by atoms with van der Waals surface area (Å²) >= 11 is 0. The van der Waals surface area contributed by atoms with Crippen LogP contribution in [0.15, 0.2) is 64.4 Å². The molecule has 0 aromatic heterocycles. The third-order valence-corrected chi connectivity index (χ3v) is 4.63. The van der Waals surface area contributed by atoms with E-state index in [2.05, 4.69) is 5.92 Å². The molecule has 4 nitrogen and oxygen atoms in total. The van der Waals surface area contributed by atoms with Gasteiger partial charge in [-0.25, -0.2) is 8.42 Å². The van der Waals surface area contributed by atoms with Crippen molar-refractivity contribution >= 4 is 15.9 Å². The Bertz CT molecular complexity index is 884. The largest absolute Gasteiger partial charge is 0.481 e. The molecule has 5 heteroatoms. The summed E-state index contributed by atoms with van der Waals surface area (Å²) in [6, 6.07) is 16.2. The number of nitrogens with zero attached hydrogens (tertiary/aromatic N) is 1. The third kappa shape index (κ3) is 4.00. The first-order chi connectivity index (χ1) is 11.1. The topological polar surface area (TPSA) is 67.2 Å². The van der Waals surface area contributed by atoms with Crippen molar-refractivity contribution in [2.75, 3.05) is 6.61 Å². The maximum Gasteiger partial charge on any atom is 0.216 e. The molecule has 114 valence electrons. The van der Waals surface area contributed by atoms with E-state index in [9.17, 15) is 13.7 Å². The minimum absolute atomic E-state index is 0.0850. The van der Waals surface area contributed by atoms with Gasteiger partial charge in [0.15, 0.2) is 0 Å². The van der Waals surface area contributed by atoms with Crippen LogP contribution < -0.4 is 4.74 Å². The second kappa shape index (κ2) is 7.31. The van der Waals surface area contributed by atoms with Crippen molar-refractivity contribution in [3.63, 3.8) is 0 Å². The van der Waals surface area contributed by atoms with Crippen molar-refractivity contribution in [3.05, 3.63) is 65.1 Å². The lowest BCUT2D eigenvalue weighted by atomic mass is 10.2. The van der Waals surface area contributed by atoms with E-state index in [1.807, 2.05) is 0 Å². The summed E-state index contributed by atoms with van der Waals surface area (Å²) in [4.78, 5) is -0.234. The lowest BCUT2D eigenvalue weighted by Gasteiger charge is -2.04. The Morgan fingerprint density at radius 1 is 1.13 bits per heavy atom. The standard InChI is InChI=1S/C18H13NO3S/c1-2-12-22-16-10-8-15(9-11-16)13-18(14-19)23(20,21)17-6-4-3-5-7-17/h1,3-11,13H,12H2/b18-13+. The first-order valence-corrected chi connectivity index (χ1v) is 8.14. The Morgan fingerprint density at radius 2 is 1.78 bits per heavy atom. The van der Waals surface area contributed by atoms with Crippen LogP contribution in [0.2, 0.25) is 0 Å². The molecule has 0 amide bonds. The maximum atomic E-state index is 12.4. The van der Waals surface area contributed by atoms with Gasteiger partial charge in [-0.3, -0.25) is 0 Å². The molecule has 0 fully saturated rings. The lowest BCUT2D eigenvalue weighted by Crippen LogP contribution is -2.03.